The van der Waals surface area contributed by atoms with Crippen molar-refractivity contribution in [2.24, 2.45) is 0 Å². The zero-order valence-electron chi connectivity index (χ0n) is 8.64. The van der Waals surface area contributed by atoms with E-state index in [1.54, 1.807) is 0 Å². The number of hydrogen-bond acceptors (Lipinski definition) is 5. The van der Waals surface area contributed by atoms with E-state index in [0.717, 1.165) is 0 Å². The lowest BCUT2D eigenvalue weighted by atomic mass is 10.2. The number of rotatable bonds is 6. The van der Waals surface area contributed by atoms with E-state index < -0.39 is 18.0 Å². The number of carboxylic acid groups (broad SMARTS) is 1. The van der Waals surface area contributed by atoms with Crippen molar-refractivity contribution < 1.29 is 19.4 Å². The van der Waals surface area contributed by atoms with Crippen molar-refractivity contribution in [3.63, 3.8) is 0 Å². The van der Waals surface area contributed by atoms with Crippen molar-refractivity contribution in [1.29, 1.82) is 0 Å². The highest BCUT2D eigenvalue weighted by molar-refractivity contribution is 5.90. The summed E-state index contributed by atoms with van der Waals surface area (Å²) in [6.45, 7) is 0.0995. The standard InChI is InChI=1S/C8H12N4O4/c1-16-5(2-6(13)14)3-9-8(15)7-10-4-11-12-7/h4-5H,2-3H2,1H3,(H,9,15)(H,13,14)(H,10,11,12). The van der Waals surface area contributed by atoms with Crippen molar-refractivity contribution in [2.75, 3.05) is 13.7 Å². The van der Waals surface area contributed by atoms with Crippen molar-refractivity contribution >= 4 is 11.9 Å². The van der Waals surface area contributed by atoms with Crippen LogP contribution in [0, 0.1) is 0 Å². The fraction of sp³-hybridized carbons (Fsp3) is 0.500. The molecule has 1 heterocycles. The minimum Gasteiger partial charge on any atom is -0.481 e. The number of carboxylic acids is 1. The Hall–Kier alpha value is -1.96. The molecule has 1 unspecified atom stereocenters. The summed E-state index contributed by atoms with van der Waals surface area (Å²) in [7, 11) is 1.38. The van der Waals surface area contributed by atoms with Gasteiger partial charge in [-0.25, -0.2) is 4.98 Å². The number of nitrogens with zero attached hydrogens (tertiary/aromatic N) is 2. The molecular weight excluding hydrogens is 216 g/mol. The summed E-state index contributed by atoms with van der Waals surface area (Å²) in [6, 6.07) is 0. The van der Waals surface area contributed by atoms with Gasteiger partial charge in [-0.3, -0.25) is 14.7 Å². The Morgan fingerprint density at radius 2 is 2.44 bits per heavy atom. The van der Waals surface area contributed by atoms with Gasteiger partial charge in [0.15, 0.2) is 0 Å². The molecule has 16 heavy (non-hydrogen) atoms. The molecule has 0 aliphatic heterocycles. The van der Waals surface area contributed by atoms with Gasteiger partial charge in [0.25, 0.3) is 5.91 Å². The molecule has 8 heteroatoms. The van der Waals surface area contributed by atoms with E-state index in [-0.39, 0.29) is 18.8 Å². The maximum Gasteiger partial charge on any atom is 0.306 e. The van der Waals surface area contributed by atoms with Gasteiger partial charge in [0, 0.05) is 13.7 Å². The second-order valence-electron chi connectivity index (χ2n) is 3.00. The molecule has 0 fully saturated rings. The molecule has 3 N–H and O–H groups in total. The second kappa shape index (κ2) is 5.81. The van der Waals surface area contributed by atoms with E-state index in [9.17, 15) is 9.59 Å². The molecule has 0 saturated carbocycles. The number of hydrogen-bond donors (Lipinski definition) is 3. The molecule has 0 radical (unpaired) electrons. The lowest BCUT2D eigenvalue weighted by molar-refractivity contribution is -0.139. The highest BCUT2D eigenvalue weighted by atomic mass is 16.5. The molecular formula is C8H12N4O4. The highest BCUT2D eigenvalue weighted by Gasteiger charge is 2.15. The summed E-state index contributed by atoms with van der Waals surface area (Å²) in [4.78, 5) is 25.4. The van der Waals surface area contributed by atoms with Crippen LogP contribution in [0.1, 0.15) is 17.0 Å². The Morgan fingerprint density at radius 1 is 1.69 bits per heavy atom. The number of aromatic nitrogens is 3. The molecule has 0 bridgehead atoms. The van der Waals surface area contributed by atoms with Crippen LogP contribution in [0.3, 0.4) is 0 Å². The SMILES string of the molecule is COC(CNC(=O)c1ncn[nH]1)CC(=O)O. The molecule has 1 amide bonds. The predicted octanol–water partition coefficient (Wildman–Crippen LogP) is -0.976. The first kappa shape index (κ1) is 12.1. The fourth-order valence-electron chi connectivity index (χ4n) is 1.04. The molecule has 0 aliphatic carbocycles. The first-order chi connectivity index (χ1) is 7.63. The average molecular weight is 228 g/mol. The van der Waals surface area contributed by atoms with Crippen LogP contribution in [0.4, 0.5) is 0 Å². The Labute approximate surface area is 91.0 Å². The number of ether oxygens (including phenoxy) is 1. The third-order valence-corrected chi connectivity index (χ3v) is 1.86. The number of H-pyrrole nitrogens is 1. The average Bonchev–Trinajstić information content (AvgIpc) is 2.76. The van der Waals surface area contributed by atoms with Crippen LogP contribution < -0.4 is 5.32 Å². The fourth-order valence-corrected chi connectivity index (χ4v) is 1.04. The van der Waals surface area contributed by atoms with E-state index in [2.05, 4.69) is 20.5 Å². The molecule has 0 aliphatic rings. The number of methoxy groups -OCH3 is 1. The third kappa shape index (κ3) is 3.65. The van der Waals surface area contributed by atoms with Gasteiger partial charge in [-0.2, -0.15) is 5.10 Å². The lowest BCUT2D eigenvalue weighted by Crippen LogP contribution is -2.35. The summed E-state index contributed by atoms with van der Waals surface area (Å²) in [6.07, 6.45) is 0.469. The Kier molecular flexibility index (Phi) is 4.40. The van der Waals surface area contributed by atoms with Gasteiger partial charge in [-0.1, -0.05) is 0 Å². The van der Waals surface area contributed by atoms with Gasteiger partial charge in [0.2, 0.25) is 5.82 Å². The van der Waals surface area contributed by atoms with E-state index in [4.69, 9.17) is 9.84 Å². The van der Waals surface area contributed by atoms with Crippen molar-refractivity contribution in [3.8, 4) is 0 Å². The minimum atomic E-state index is -0.985. The highest BCUT2D eigenvalue weighted by Crippen LogP contribution is 1.96. The molecule has 8 nitrogen and oxygen atoms in total. The summed E-state index contributed by atoms with van der Waals surface area (Å²) in [5.74, 6) is -1.36. The normalized spacial score (nSPS) is 12.1. The molecule has 1 aromatic rings. The van der Waals surface area contributed by atoms with Crippen LogP contribution in [-0.4, -0.2) is 51.9 Å². The molecule has 1 rings (SSSR count). The monoisotopic (exact) mass is 228 g/mol. The molecule has 88 valence electrons. The van der Waals surface area contributed by atoms with Gasteiger partial charge < -0.3 is 15.2 Å². The summed E-state index contributed by atoms with van der Waals surface area (Å²) in [5.41, 5.74) is 0. The van der Waals surface area contributed by atoms with Gasteiger partial charge in [-0.05, 0) is 0 Å². The molecule has 0 saturated heterocycles. The molecule has 1 atom stereocenters. The topological polar surface area (TPSA) is 117 Å². The van der Waals surface area contributed by atoms with Crippen LogP contribution in [0.5, 0.6) is 0 Å². The summed E-state index contributed by atoms with van der Waals surface area (Å²) >= 11 is 0. The quantitative estimate of drug-likeness (QED) is 0.576. The maximum absolute atomic E-state index is 11.4. The van der Waals surface area contributed by atoms with Gasteiger partial charge >= 0.3 is 5.97 Å². The second-order valence-corrected chi connectivity index (χ2v) is 3.00. The first-order valence-electron chi connectivity index (χ1n) is 4.51. The van der Waals surface area contributed by atoms with E-state index in [1.807, 2.05) is 0 Å². The number of aliphatic carboxylic acids is 1. The number of carbonyl (C=O) groups excluding carboxylic acids is 1. The lowest BCUT2D eigenvalue weighted by Gasteiger charge is -2.12. The number of carbonyl (C=O) groups is 2. The van der Waals surface area contributed by atoms with Gasteiger partial charge in [0.05, 0.1) is 12.5 Å². The summed E-state index contributed by atoms with van der Waals surface area (Å²) < 4.78 is 4.89. The van der Waals surface area contributed by atoms with Crippen LogP contribution in [-0.2, 0) is 9.53 Å². The minimum absolute atomic E-state index is 0.0742. The van der Waals surface area contributed by atoms with Crippen LogP contribution >= 0.6 is 0 Å². The largest absolute Gasteiger partial charge is 0.481 e. The van der Waals surface area contributed by atoms with Crippen LogP contribution in [0.15, 0.2) is 6.33 Å². The van der Waals surface area contributed by atoms with E-state index in [1.165, 1.54) is 13.4 Å². The zero-order valence-corrected chi connectivity index (χ0v) is 8.64. The Balaban J connectivity index is 2.38. The molecule has 0 spiro atoms. The smallest absolute Gasteiger partial charge is 0.306 e. The first-order valence-corrected chi connectivity index (χ1v) is 4.51. The number of aromatic amines is 1. The van der Waals surface area contributed by atoms with Crippen molar-refractivity contribution in [3.05, 3.63) is 12.2 Å². The third-order valence-electron chi connectivity index (χ3n) is 1.86. The van der Waals surface area contributed by atoms with E-state index in [0.29, 0.717) is 0 Å². The summed E-state index contributed by atoms with van der Waals surface area (Å²) in [5, 5.41) is 16.9. The Morgan fingerprint density at radius 3 is 2.94 bits per heavy atom. The number of nitrogens with one attached hydrogen (secondary N) is 2. The van der Waals surface area contributed by atoms with Crippen molar-refractivity contribution in [1.82, 2.24) is 20.5 Å². The maximum atomic E-state index is 11.4. The zero-order chi connectivity index (χ0) is 12.0. The van der Waals surface area contributed by atoms with Crippen LogP contribution in [0.2, 0.25) is 0 Å². The van der Waals surface area contributed by atoms with Crippen molar-refractivity contribution in [2.45, 2.75) is 12.5 Å². The predicted molar refractivity (Wildman–Crippen MR) is 51.8 cm³/mol. The van der Waals surface area contributed by atoms with Crippen LogP contribution in [0.25, 0.3) is 0 Å². The molecule has 1 aromatic heterocycles. The van der Waals surface area contributed by atoms with Gasteiger partial charge in [0.1, 0.15) is 6.33 Å². The Bertz CT molecular complexity index is 351. The number of amides is 1. The molecule has 0 aromatic carbocycles. The van der Waals surface area contributed by atoms with Gasteiger partial charge in [-0.15, -0.1) is 0 Å². The van der Waals surface area contributed by atoms with E-state index >= 15 is 0 Å².